The summed E-state index contributed by atoms with van der Waals surface area (Å²) in [4.78, 5) is 22.6. The quantitative estimate of drug-likeness (QED) is 0.678. The topological polar surface area (TPSA) is 105 Å². The first-order valence-electron chi connectivity index (χ1n) is 6.54. The van der Waals surface area contributed by atoms with E-state index in [-0.39, 0.29) is 11.6 Å². The number of aryl methyl sites for hydroxylation is 1. The maximum Gasteiger partial charge on any atom is 0.269 e. The number of nitrogens with one attached hydrogen (secondary N) is 1. The molecule has 0 radical (unpaired) electrons. The smallest absolute Gasteiger partial charge is 0.269 e. The molecular weight excluding hydrogens is 274 g/mol. The predicted octanol–water partition coefficient (Wildman–Crippen LogP) is 2.16. The van der Waals surface area contributed by atoms with E-state index in [4.69, 9.17) is 4.74 Å². The van der Waals surface area contributed by atoms with E-state index in [1.54, 1.807) is 6.92 Å². The van der Waals surface area contributed by atoms with Crippen molar-refractivity contribution in [1.82, 2.24) is 0 Å². The number of anilines is 1. The molecule has 0 unspecified atom stereocenters. The Morgan fingerprint density at radius 1 is 1.48 bits per heavy atom. The molecule has 0 atom stereocenters. The highest BCUT2D eigenvalue weighted by Gasteiger charge is 2.40. The van der Waals surface area contributed by atoms with E-state index in [0.29, 0.717) is 37.3 Å². The fourth-order valence-electron chi connectivity index (χ4n) is 2.25. The second-order valence-electron chi connectivity index (χ2n) is 5.02. The van der Waals surface area contributed by atoms with Crippen LogP contribution in [0.2, 0.25) is 0 Å². The van der Waals surface area contributed by atoms with Gasteiger partial charge in [-0.25, -0.2) is 0 Å². The molecule has 1 N–H and O–H groups in total. The maximum absolute atomic E-state index is 12.4. The lowest BCUT2D eigenvalue weighted by atomic mass is 9.81. The molecule has 0 aromatic heterocycles. The summed E-state index contributed by atoms with van der Waals surface area (Å²) in [5, 5.41) is 22.7. The number of carbonyl (C=O) groups is 1. The van der Waals surface area contributed by atoms with Crippen LogP contribution in [0.5, 0.6) is 0 Å². The van der Waals surface area contributed by atoms with E-state index in [9.17, 15) is 20.2 Å². The van der Waals surface area contributed by atoms with Crippen molar-refractivity contribution in [2.24, 2.45) is 5.41 Å². The van der Waals surface area contributed by atoms with Crippen LogP contribution < -0.4 is 5.32 Å². The van der Waals surface area contributed by atoms with Crippen molar-refractivity contribution in [3.63, 3.8) is 0 Å². The number of ether oxygens (including phenoxy) is 1. The van der Waals surface area contributed by atoms with Crippen LogP contribution in [0.25, 0.3) is 0 Å². The number of rotatable bonds is 3. The highest BCUT2D eigenvalue weighted by atomic mass is 16.6. The fraction of sp³-hybridized carbons (Fsp3) is 0.429. The van der Waals surface area contributed by atoms with E-state index >= 15 is 0 Å². The second kappa shape index (κ2) is 5.89. The molecule has 2 rings (SSSR count). The molecule has 1 heterocycles. The van der Waals surface area contributed by atoms with Gasteiger partial charge in [0.25, 0.3) is 5.69 Å². The molecule has 1 aromatic carbocycles. The maximum atomic E-state index is 12.4. The van der Waals surface area contributed by atoms with Crippen LogP contribution in [0.1, 0.15) is 18.4 Å². The van der Waals surface area contributed by atoms with Gasteiger partial charge in [-0.3, -0.25) is 14.9 Å². The van der Waals surface area contributed by atoms with E-state index < -0.39 is 10.3 Å². The first-order chi connectivity index (χ1) is 9.98. The Labute approximate surface area is 121 Å². The van der Waals surface area contributed by atoms with E-state index in [2.05, 4.69) is 11.4 Å². The van der Waals surface area contributed by atoms with Crippen molar-refractivity contribution in [2.45, 2.75) is 19.8 Å². The number of nitriles is 1. The summed E-state index contributed by atoms with van der Waals surface area (Å²) in [6, 6.07) is 6.28. The van der Waals surface area contributed by atoms with Crippen molar-refractivity contribution in [1.29, 1.82) is 5.26 Å². The van der Waals surface area contributed by atoms with Gasteiger partial charge in [0.15, 0.2) is 0 Å². The van der Waals surface area contributed by atoms with Crippen molar-refractivity contribution in [3.05, 3.63) is 33.9 Å². The van der Waals surface area contributed by atoms with Crippen molar-refractivity contribution >= 4 is 17.3 Å². The van der Waals surface area contributed by atoms with Gasteiger partial charge in [-0.1, -0.05) is 0 Å². The minimum absolute atomic E-state index is 0.0356. The van der Waals surface area contributed by atoms with Gasteiger partial charge < -0.3 is 10.1 Å². The molecule has 1 aliphatic rings. The number of benzene rings is 1. The minimum atomic E-state index is -1.09. The van der Waals surface area contributed by atoms with Crippen molar-refractivity contribution < 1.29 is 14.5 Å². The Morgan fingerprint density at radius 2 is 2.14 bits per heavy atom. The zero-order valence-corrected chi connectivity index (χ0v) is 11.6. The van der Waals surface area contributed by atoms with Gasteiger partial charge in [-0.05, 0) is 31.4 Å². The monoisotopic (exact) mass is 289 g/mol. The third kappa shape index (κ3) is 3.01. The number of nitro benzene ring substituents is 1. The molecule has 110 valence electrons. The third-order valence-electron chi connectivity index (χ3n) is 3.66. The van der Waals surface area contributed by atoms with Crippen LogP contribution in [-0.4, -0.2) is 24.0 Å². The summed E-state index contributed by atoms with van der Waals surface area (Å²) in [5.41, 5.74) is -0.0668. The molecule has 0 aliphatic carbocycles. The summed E-state index contributed by atoms with van der Waals surface area (Å²) in [5.74, 6) is -0.384. The van der Waals surface area contributed by atoms with Crippen LogP contribution in [0, 0.1) is 33.8 Å². The first-order valence-corrected chi connectivity index (χ1v) is 6.54. The Bertz CT molecular complexity index is 615. The van der Waals surface area contributed by atoms with Crippen LogP contribution in [-0.2, 0) is 9.53 Å². The molecule has 1 saturated heterocycles. The Kier molecular flexibility index (Phi) is 4.19. The lowest BCUT2D eigenvalue weighted by molar-refractivity contribution is -0.384. The zero-order valence-electron chi connectivity index (χ0n) is 11.6. The van der Waals surface area contributed by atoms with Gasteiger partial charge in [-0.15, -0.1) is 0 Å². The molecule has 1 aliphatic heterocycles. The number of carbonyl (C=O) groups excluding carboxylic acids is 1. The zero-order chi connectivity index (χ0) is 15.5. The summed E-state index contributed by atoms with van der Waals surface area (Å²) in [6.45, 7) is 2.42. The fourth-order valence-corrected chi connectivity index (χ4v) is 2.25. The van der Waals surface area contributed by atoms with E-state index in [1.807, 2.05) is 0 Å². The molecule has 21 heavy (non-hydrogen) atoms. The Balaban J connectivity index is 2.19. The van der Waals surface area contributed by atoms with Gasteiger partial charge in [0, 0.05) is 31.0 Å². The summed E-state index contributed by atoms with van der Waals surface area (Å²) >= 11 is 0. The van der Waals surface area contributed by atoms with Gasteiger partial charge in [-0.2, -0.15) is 5.26 Å². The number of hydrogen-bond acceptors (Lipinski definition) is 5. The largest absolute Gasteiger partial charge is 0.381 e. The molecule has 7 heteroatoms. The molecule has 0 saturated carbocycles. The Hall–Kier alpha value is -2.46. The Morgan fingerprint density at radius 3 is 2.67 bits per heavy atom. The van der Waals surface area contributed by atoms with Crippen molar-refractivity contribution in [2.75, 3.05) is 18.5 Å². The lowest BCUT2D eigenvalue weighted by Gasteiger charge is -2.29. The lowest BCUT2D eigenvalue weighted by Crippen LogP contribution is -2.40. The molecular formula is C14H15N3O4. The third-order valence-corrected chi connectivity index (χ3v) is 3.66. The van der Waals surface area contributed by atoms with Gasteiger partial charge in [0.05, 0.1) is 11.0 Å². The normalized spacial score (nSPS) is 16.8. The molecule has 0 spiro atoms. The first kappa shape index (κ1) is 14.9. The van der Waals surface area contributed by atoms with Crippen LogP contribution in [0.4, 0.5) is 11.4 Å². The van der Waals surface area contributed by atoms with E-state index in [0.717, 1.165) is 0 Å². The predicted molar refractivity (Wildman–Crippen MR) is 74.6 cm³/mol. The van der Waals surface area contributed by atoms with Crippen molar-refractivity contribution in [3.8, 4) is 6.07 Å². The summed E-state index contributed by atoms with van der Waals surface area (Å²) < 4.78 is 5.19. The van der Waals surface area contributed by atoms with Crippen LogP contribution in [0.3, 0.4) is 0 Å². The molecule has 0 bridgehead atoms. The van der Waals surface area contributed by atoms with Gasteiger partial charge in [0.2, 0.25) is 5.91 Å². The number of nitro groups is 1. The minimum Gasteiger partial charge on any atom is -0.381 e. The average molecular weight is 289 g/mol. The number of amides is 1. The molecule has 1 amide bonds. The standard InChI is InChI=1S/C14H15N3O4/c1-10-8-11(17(19)20)2-3-12(10)16-13(18)14(9-15)4-6-21-7-5-14/h2-3,8H,4-7H2,1H3,(H,16,18). The molecule has 7 nitrogen and oxygen atoms in total. The summed E-state index contributed by atoms with van der Waals surface area (Å²) in [6.07, 6.45) is 0.697. The van der Waals surface area contributed by atoms with Gasteiger partial charge in [0.1, 0.15) is 5.41 Å². The SMILES string of the molecule is Cc1cc([N+](=O)[O-])ccc1NC(=O)C1(C#N)CCOCC1. The van der Waals surface area contributed by atoms with Gasteiger partial charge >= 0.3 is 0 Å². The van der Waals surface area contributed by atoms with Crippen LogP contribution in [0.15, 0.2) is 18.2 Å². The van der Waals surface area contributed by atoms with E-state index in [1.165, 1.54) is 18.2 Å². The molecule has 1 aromatic rings. The highest BCUT2D eigenvalue weighted by molar-refractivity contribution is 5.98. The summed E-state index contributed by atoms with van der Waals surface area (Å²) in [7, 11) is 0. The number of hydrogen-bond donors (Lipinski definition) is 1. The average Bonchev–Trinajstić information content (AvgIpc) is 2.49. The number of non-ortho nitro benzene ring substituents is 1. The molecule has 1 fully saturated rings. The number of nitrogens with zero attached hydrogens (tertiary/aromatic N) is 2. The highest BCUT2D eigenvalue weighted by Crippen LogP contribution is 2.32. The second-order valence-corrected chi connectivity index (χ2v) is 5.02. The van der Waals surface area contributed by atoms with Crippen LogP contribution >= 0.6 is 0 Å².